The largest absolute Gasteiger partial charge is 0.454 e. The van der Waals surface area contributed by atoms with Crippen LogP contribution in [-0.4, -0.2) is 41.6 Å². The molecule has 0 N–H and O–H groups in total. The highest BCUT2D eigenvalue weighted by Gasteiger charge is 2.26. The lowest BCUT2D eigenvalue weighted by molar-refractivity contribution is 0.0756. The van der Waals surface area contributed by atoms with Crippen LogP contribution in [0.1, 0.15) is 27.7 Å². The van der Waals surface area contributed by atoms with Crippen molar-refractivity contribution >= 4 is 17.7 Å². The van der Waals surface area contributed by atoms with Crippen molar-refractivity contribution in [2.24, 2.45) is 0 Å². The molecule has 0 spiro atoms. The summed E-state index contributed by atoms with van der Waals surface area (Å²) in [5.74, 6) is 2.99. The maximum absolute atomic E-state index is 13.0. The van der Waals surface area contributed by atoms with Gasteiger partial charge in [-0.15, -0.1) is 0 Å². The van der Waals surface area contributed by atoms with E-state index in [1.807, 2.05) is 53.1 Å². The molecule has 7 heteroatoms. The van der Waals surface area contributed by atoms with Crippen molar-refractivity contribution in [1.29, 1.82) is 0 Å². The SMILES string of the molecule is O=C(c1cc(-c2ccccc2)on1)N1CCSC(c2ccc3c(c2)OCO3)CC1. The molecule has 1 saturated heterocycles. The normalized spacial score (nSPS) is 18.5. The summed E-state index contributed by atoms with van der Waals surface area (Å²) in [5, 5.41) is 4.33. The zero-order valence-electron chi connectivity index (χ0n) is 15.7. The lowest BCUT2D eigenvalue weighted by Gasteiger charge is -2.19. The van der Waals surface area contributed by atoms with Gasteiger partial charge < -0.3 is 18.9 Å². The van der Waals surface area contributed by atoms with Crippen LogP contribution in [0.2, 0.25) is 0 Å². The Morgan fingerprint density at radius 1 is 1.03 bits per heavy atom. The number of carbonyl (C=O) groups is 1. The Morgan fingerprint density at radius 3 is 2.79 bits per heavy atom. The molecule has 2 aromatic carbocycles. The van der Waals surface area contributed by atoms with E-state index in [9.17, 15) is 4.79 Å². The molecule has 0 saturated carbocycles. The third kappa shape index (κ3) is 3.70. The zero-order chi connectivity index (χ0) is 19.6. The monoisotopic (exact) mass is 408 g/mol. The second-order valence-corrected chi connectivity index (χ2v) is 8.31. The van der Waals surface area contributed by atoms with Crippen molar-refractivity contribution in [3.05, 3.63) is 65.9 Å². The van der Waals surface area contributed by atoms with Crippen LogP contribution in [0.4, 0.5) is 0 Å². The summed E-state index contributed by atoms with van der Waals surface area (Å²) >= 11 is 1.87. The number of aromatic nitrogens is 1. The summed E-state index contributed by atoms with van der Waals surface area (Å²) in [6, 6.07) is 17.5. The van der Waals surface area contributed by atoms with E-state index in [0.717, 1.165) is 29.2 Å². The van der Waals surface area contributed by atoms with Gasteiger partial charge in [-0.25, -0.2) is 0 Å². The summed E-state index contributed by atoms with van der Waals surface area (Å²) in [6.07, 6.45) is 0.874. The molecule has 6 nitrogen and oxygen atoms in total. The van der Waals surface area contributed by atoms with Gasteiger partial charge >= 0.3 is 0 Å². The van der Waals surface area contributed by atoms with E-state index in [-0.39, 0.29) is 12.7 Å². The highest BCUT2D eigenvalue weighted by Crippen LogP contribution is 2.40. The minimum Gasteiger partial charge on any atom is -0.454 e. The highest BCUT2D eigenvalue weighted by atomic mass is 32.2. The molecule has 3 aromatic rings. The van der Waals surface area contributed by atoms with E-state index in [0.29, 0.717) is 29.8 Å². The standard InChI is InChI=1S/C22H20N2O4S/c25-22(17-13-19(28-23-17)15-4-2-1-3-5-15)24-9-8-21(29-11-10-24)16-6-7-18-20(12-16)27-14-26-18/h1-7,12-13,21H,8-11,14H2. The summed E-state index contributed by atoms with van der Waals surface area (Å²) in [7, 11) is 0. The Balaban J connectivity index is 1.27. The molecule has 1 unspecified atom stereocenters. The Hall–Kier alpha value is -2.93. The van der Waals surface area contributed by atoms with Gasteiger partial charge in [0, 0.05) is 35.7 Å². The summed E-state index contributed by atoms with van der Waals surface area (Å²) in [6.45, 7) is 1.65. The second-order valence-electron chi connectivity index (χ2n) is 7.00. The average molecular weight is 408 g/mol. The second kappa shape index (κ2) is 7.83. The number of nitrogens with zero attached hydrogens (tertiary/aromatic N) is 2. The van der Waals surface area contributed by atoms with Crippen LogP contribution < -0.4 is 9.47 Å². The molecule has 3 heterocycles. The average Bonchev–Trinajstić information content (AvgIpc) is 3.38. The van der Waals surface area contributed by atoms with Crippen molar-refractivity contribution in [2.75, 3.05) is 25.6 Å². The maximum atomic E-state index is 13.0. The molecular formula is C22H20N2O4S. The molecule has 1 fully saturated rings. The van der Waals surface area contributed by atoms with E-state index >= 15 is 0 Å². The predicted octanol–water partition coefficient (Wildman–Crippen LogP) is 4.39. The number of hydrogen-bond acceptors (Lipinski definition) is 6. The van der Waals surface area contributed by atoms with Gasteiger partial charge in [0.05, 0.1) is 0 Å². The lowest BCUT2D eigenvalue weighted by Crippen LogP contribution is -2.33. The van der Waals surface area contributed by atoms with Crippen LogP contribution in [0, 0.1) is 0 Å². The van der Waals surface area contributed by atoms with Gasteiger partial charge in [0.1, 0.15) is 0 Å². The van der Waals surface area contributed by atoms with Crippen LogP contribution in [0.25, 0.3) is 11.3 Å². The van der Waals surface area contributed by atoms with Crippen LogP contribution in [0.15, 0.2) is 59.1 Å². The highest BCUT2D eigenvalue weighted by molar-refractivity contribution is 7.99. The maximum Gasteiger partial charge on any atom is 0.276 e. The van der Waals surface area contributed by atoms with Crippen LogP contribution in [0.5, 0.6) is 11.5 Å². The molecule has 1 atom stereocenters. The van der Waals surface area contributed by atoms with Gasteiger partial charge in [-0.3, -0.25) is 4.79 Å². The van der Waals surface area contributed by atoms with E-state index in [1.54, 1.807) is 6.07 Å². The Labute approximate surface area is 172 Å². The lowest BCUT2D eigenvalue weighted by atomic mass is 10.1. The number of ether oxygens (including phenoxy) is 2. The van der Waals surface area contributed by atoms with Gasteiger partial charge in [-0.1, -0.05) is 41.6 Å². The van der Waals surface area contributed by atoms with Crippen LogP contribution in [-0.2, 0) is 0 Å². The Kier molecular flexibility index (Phi) is 4.89. The van der Waals surface area contributed by atoms with E-state index in [1.165, 1.54) is 5.56 Å². The molecule has 0 radical (unpaired) electrons. The smallest absolute Gasteiger partial charge is 0.276 e. The first kappa shape index (κ1) is 18.1. The minimum atomic E-state index is -0.0807. The fourth-order valence-electron chi connectivity index (χ4n) is 3.63. The van der Waals surface area contributed by atoms with Gasteiger partial charge in [0.2, 0.25) is 6.79 Å². The summed E-state index contributed by atoms with van der Waals surface area (Å²) < 4.78 is 16.3. The zero-order valence-corrected chi connectivity index (χ0v) is 16.6. The van der Waals surface area contributed by atoms with E-state index < -0.39 is 0 Å². The van der Waals surface area contributed by atoms with Gasteiger partial charge in [0.25, 0.3) is 5.91 Å². The van der Waals surface area contributed by atoms with Gasteiger partial charge in [-0.2, -0.15) is 11.8 Å². The molecule has 2 aliphatic heterocycles. The fourth-order valence-corrected chi connectivity index (χ4v) is 4.85. The number of fused-ring (bicyclic) bond motifs is 1. The van der Waals surface area contributed by atoms with Crippen molar-refractivity contribution in [2.45, 2.75) is 11.7 Å². The molecule has 29 heavy (non-hydrogen) atoms. The summed E-state index contributed by atoms with van der Waals surface area (Å²) in [5.41, 5.74) is 2.48. The quantitative estimate of drug-likeness (QED) is 0.640. The Bertz CT molecular complexity index is 1020. The van der Waals surface area contributed by atoms with E-state index in [4.69, 9.17) is 14.0 Å². The number of rotatable bonds is 3. The number of hydrogen-bond donors (Lipinski definition) is 0. The van der Waals surface area contributed by atoms with Crippen molar-refractivity contribution in [1.82, 2.24) is 10.1 Å². The first-order valence-electron chi connectivity index (χ1n) is 9.60. The van der Waals surface area contributed by atoms with E-state index in [2.05, 4.69) is 17.3 Å². The molecule has 0 bridgehead atoms. The van der Waals surface area contributed by atoms with Gasteiger partial charge in [-0.05, 0) is 24.1 Å². The number of thioether (sulfide) groups is 1. The first-order valence-corrected chi connectivity index (χ1v) is 10.7. The number of benzene rings is 2. The molecule has 1 aromatic heterocycles. The third-order valence-electron chi connectivity index (χ3n) is 5.18. The number of amides is 1. The van der Waals surface area contributed by atoms with Crippen LogP contribution >= 0.6 is 11.8 Å². The fraction of sp³-hybridized carbons (Fsp3) is 0.273. The number of carbonyl (C=O) groups excluding carboxylic acids is 1. The topological polar surface area (TPSA) is 64.8 Å². The Morgan fingerprint density at radius 2 is 1.90 bits per heavy atom. The molecule has 0 aliphatic carbocycles. The molecule has 5 rings (SSSR count). The first-order chi connectivity index (χ1) is 14.3. The van der Waals surface area contributed by atoms with Crippen molar-refractivity contribution in [3.63, 3.8) is 0 Å². The molecule has 2 aliphatic rings. The summed E-state index contributed by atoms with van der Waals surface area (Å²) in [4.78, 5) is 14.8. The van der Waals surface area contributed by atoms with Crippen molar-refractivity contribution in [3.8, 4) is 22.8 Å². The molecule has 148 valence electrons. The molecule has 1 amide bonds. The van der Waals surface area contributed by atoms with Crippen LogP contribution in [0.3, 0.4) is 0 Å². The minimum absolute atomic E-state index is 0.0807. The van der Waals surface area contributed by atoms with Gasteiger partial charge in [0.15, 0.2) is 23.0 Å². The van der Waals surface area contributed by atoms with Crippen molar-refractivity contribution < 1.29 is 18.8 Å². The third-order valence-corrected chi connectivity index (χ3v) is 6.51. The molecular weight excluding hydrogens is 388 g/mol. The predicted molar refractivity (Wildman–Crippen MR) is 110 cm³/mol.